The van der Waals surface area contributed by atoms with Gasteiger partial charge in [-0.2, -0.15) is 0 Å². The summed E-state index contributed by atoms with van der Waals surface area (Å²) in [7, 11) is 0. The first kappa shape index (κ1) is 33.9. The Labute approximate surface area is 275 Å². The molecule has 9 heteroatoms. The zero-order chi connectivity index (χ0) is 32.9. The number of halogens is 2. The van der Waals surface area contributed by atoms with Gasteiger partial charge in [0.25, 0.3) is 0 Å². The molecule has 0 radical (unpaired) electrons. The topological polar surface area (TPSA) is 110 Å². The number of nitrogens with two attached hydrogens (primary N) is 1. The summed E-state index contributed by atoms with van der Waals surface area (Å²) in [4.78, 5) is 17.6. The highest BCUT2D eigenvalue weighted by atomic mass is 35.5. The second-order valence-electron chi connectivity index (χ2n) is 12.4. The van der Waals surface area contributed by atoms with E-state index in [2.05, 4.69) is 48.3 Å². The number of nitrogens with one attached hydrogen (secondary N) is 2. The van der Waals surface area contributed by atoms with E-state index in [4.69, 9.17) is 43.8 Å². The van der Waals surface area contributed by atoms with E-state index in [-0.39, 0.29) is 44.6 Å². The van der Waals surface area contributed by atoms with Gasteiger partial charge in [-0.15, -0.1) is 5.73 Å². The van der Waals surface area contributed by atoms with Crippen LogP contribution in [0.25, 0.3) is 0 Å². The van der Waals surface area contributed by atoms with Gasteiger partial charge in [-0.05, 0) is 98.4 Å². The van der Waals surface area contributed by atoms with Crippen LogP contribution in [0.5, 0.6) is 0 Å². The molecule has 0 saturated carbocycles. The van der Waals surface area contributed by atoms with Crippen molar-refractivity contribution in [3.8, 4) is 0 Å². The molecule has 45 heavy (non-hydrogen) atoms. The van der Waals surface area contributed by atoms with Gasteiger partial charge in [0.15, 0.2) is 0 Å². The summed E-state index contributed by atoms with van der Waals surface area (Å²) < 4.78 is 11.4. The largest absolute Gasteiger partial charge is 0.444 e. The van der Waals surface area contributed by atoms with Gasteiger partial charge < -0.3 is 20.5 Å². The molecular weight excluding hydrogens is 607 g/mol. The summed E-state index contributed by atoms with van der Waals surface area (Å²) in [5.74, 6) is -0.0504. The Bertz CT molecular complexity index is 1650. The minimum atomic E-state index is -0.607. The quantitative estimate of drug-likeness (QED) is 0.141. The Morgan fingerprint density at radius 3 is 2.69 bits per heavy atom. The Morgan fingerprint density at radius 2 is 1.98 bits per heavy atom. The fourth-order valence-electron chi connectivity index (χ4n) is 5.83. The molecule has 0 bridgehead atoms. The van der Waals surface area contributed by atoms with Crippen LogP contribution < -0.4 is 11.1 Å². The highest BCUT2D eigenvalue weighted by molar-refractivity contribution is 6.44. The molecule has 0 spiro atoms. The van der Waals surface area contributed by atoms with Crippen LogP contribution in [0.3, 0.4) is 0 Å². The number of carbonyl (C=O) groups is 1. The van der Waals surface area contributed by atoms with Crippen LogP contribution >= 0.6 is 23.2 Å². The Hall–Kier alpha value is -4.03. The Kier molecular flexibility index (Phi) is 10.5. The van der Waals surface area contributed by atoms with E-state index in [1.54, 1.807) is 30.4 Å². The number of alkyl carbamates (subject to hydrolysis) is 1. The van der Waals surface area contributed by atoms with Crippen LogP contribution in [0.2, 0.25) is 0 Å². The van der Waals surface area contributed by atoms with Crippen LogP contribution in [-0.4, -0.2) is 23.4 Å². The minimum Gasteiger partial charge on any atom is -0.444 e. The van der Waals surface area contributed by atoms with Gasteiger partial charge in [0.2, 0.25) is 5.90 Å². The predicted octanol–water partition coefficient (Wildman–Crippen LogP) is 8.96. The smallest absolute Gasteiger partial charge is 0.408 e. The lowest BCUT2D eigenvalue weighted by Gasteiger charge is -2.37. The van der Waals surface area contributed by atoms with Crippen LogP contribution in [0.4, 0.5) is 4.79 Å². The lowest BCUT2D eigenvalue weighted by atomic mass is 9.72. The van der Waals surface area contributed by atoms with Gasteiger partial charge >= 0.3 is 6.09 Å². The number of carbonyl (C=O) groups excluding carboxylic acids is 1. The van der Waals surface area contributed by atoms with E-state index >= 15 is 0 Å². The van der Waals surface area contributed by atoms with Crippen LogP contribution in [0, 0.1) is 10.8 Å². The van der Waals surface area contributed by atoms with Crippen molar-refractivity contribution in [3.05, 3.63) is 123 Å². The zero-order valence-electron chi connectivity index (χ0n) is 26.2. The van der Waals surface area contributed by atoms with E-state index in [0.717, 1.165) is 36.8 Å². The molecule has 7 nitrogen and oxygen atoms in total. The van der Waals surface area contributed by atoms with Crippen molar-refractivity contribution in [2.75, 3.05) is 0 Å². The molecule has 2 aliphatic carbocycles. The fraction of sp³-hybridized carbons (Fsp3) is 0.333. The monoisotopic (exact) mass is 646 g/mol. The molecule has 2 atom stereocenters. The standard InChI is InChI=1S/C36H40Cl2N4O3/c1-7-18-36(21-24-11-8-9-12-25(24)31(36)42-34(43)45-35(4,5)6)19-17-23(3)28-14-10-13-26(32(39)41-28)33(40)44-29-16-15-22(2)20-27(37)30(29)38/h8-12,14-16,20,31,40H,2-3,7,17-19,21H2,1,4-6H3,(H2,39,41)(H,42,43)/t31-,36?/m1/s1. The molecule has 1 aromatic rings. The minimum absolute atomic E-state index is 0.0579. The molecule has 0 fully saturated rings. The molecule has 0 saturated heterocycles. The third-order valence-corrected chi connectivity index (χ3v) is 8.59. The number of aliphatic imine (C=N–C) groups is 1. The van der Waals surface area contributed by atoms with Crippen LogP contribution in [0.1, 0.15) is 70.5 Å². The number of fused-ring (bicyclic) bond motifs is 1. The van der Waals surface area contributed by atoms with Gasteiger partial charge in [-0.3, -0.25) is 5.41 Å². The molecule has 3 aliphatic rings. The average Bonchev–Trinajstić information content (AvgIpc) is 3.04. The number of rotatable bonds is 9. The van der Waals surface area contributed by atoms with Crippen molar-refractivity contribution >= 4 is 41.0 Å². The Morgan fingerprint density at radius 1 is 1.24 bits per heavy atom. The third-order valence-electron chi connectivity index (χ3n) is 7.81. The lowest BCUT2D eigenvalue weighted by molar-refractivity contribution is 0.0434. The number of nitrogens with zero attached hydrogens (tertiary/aromatic N) is 1. The highest BCUT2D eigenvalue weighted by Gasteiger charge is 2.46. The summed E-state index contributed by atoms with van der Waals surface area (Å²) in [5, 5.41) is 12.2. The van der Waals surface area contributed by atoms with Gasteiger partial charge in [0, 0.05) is 0 Å². The van der Waals surface area contributed by atoms with Crippen molar-refractivity contribution < 1.29 is 14.3 Å². The van der Waals surface area contributed by atoms with Gasteiger partial charge in [-0.1, -0.05) is 80.0 Å². The highest BCUT2D eigenvalue weighted by Crippen LogP contribution is 2.52. The molecule has 4 N–H and O–H groups in total. The van der Waals surface area contributed by atoms with E-state index in [1.807, 2.05) is 32.9 Å². The van der Waals surface area contributed by atoms with E-state index in [0.29, 0.717) is 17.7 Å². The maximum absolute atomic E-state index is 13.0. The van der Waals surface area contributed by atoms with Crippen LogP contribution in [0.15, 0.2) is 117 Å². The molecule has 1 aromatic carbocycles. The van der Waals surface area contributed by atoms with E-state index in [9.17, 15) is 4.79 Å². The third kappa shape index (κ3) is 8.17. The maximum Gasteiger partial charge on any atom is 0.408 e. The van der Waals surface area contributed by atoms with E-state index in [1.165, 1.54) is 5.56 Å². The summed E-state index contributed by atoms with van der Waals surface area (Å²) in [5.41, 5.74) is 13.0. The molecular formula is C36H40Cl2N4O3. The first-order valence-corrected chi connectivity index (χ1v) is 15.7. The summed E-state index contributed by atoms with van der Waals surface area (Å²) in [6.45, 7) is 15.9. The van der Waals surface area contributed by atoms with Crippen molar-refractivity contribution in [3.63, 3.8) is 0 Å². The van der Waals surface area contributed by atoms with Crippen molar-refractivity contribution in [2.24, 2.45) is 16.1 Å². The zero-order valence-corrected chi connectivity index (χ0v) is 27.7. The first-order valence-electron chi connectivity index (χ1n) is 14.9. The molecule has 1 heterocycles. The Balaban J connectivity index is 1.51. The number of amides is 1. The molecule has 236 valence electrons. The normalized spacial score (nSPS) is 21.1. The van der Waals surface area contributed by atoms with Gasteiger partial charge in [0.05, 0.1) is 16.8 Å². The number of hydrogen-bond donors (Lipinski definition) is 3. The van der Waals surface area contributed by atoms with Crippen LogP contribution in [-0.2, 0) is 15.9 Å². The SMILES string of the molecule is C=C1C=CC(OC(=N)C2=C=CC=C(C(=C)CCC3(CCC)Cc4ccccc4[C@H]3NC(=O)OC(C)(C)C)N=C2N)=C(Cl)C(Cl)=C1. The summed E-state index contributed by atoms with van der Waals surface area (Å²) in [6, 6.07) is 8.06. The number of amidine groups is 1. The van der Waals surface area contributed by atoms with E-state index < -0.39 is 11.7 Å². The van der Waals surface area contributed by atoms with Gasteiger partial charge in [-0.25, -0.2) is 9.79 Å². The number of allylic oxidation sites excluding steroid dienone is 8. The second kappa shape index (κ2) is 13.9. The van der Waals surface area contributed by atoms with Gasteiger partial charge in [0.1, 0.15) is 27.8 Å². The summed E-state index contributed by atoms with van der Waals surface area (Å²) >= 11 is 12.6. The molecule has 0 aromatic heterocycles. The fourth-order valence-corrected chi connectivity index (χ4v) is 6.22. The van der Waals surface area contributed by atoms with Crippen molar-refractivity contribution in [2.45, 2.75) is 71.4 Å². The molecule has 4 rings (SSSR count). The maximum atomic E-state index is 13.0. The molecule has 1 amide bonds. The molecule has 1 unspecified atom stereocenters. The predicted molar refractivity (Wildman–Crippen MR) is 183 cm³/mol. The molecule has 1 aliphatic heterocycles. The lowest BCUT2D eigenvalue weighted by Crippen LogP contribution is -2.41. The average molecular weight is 648 g/mol. The summed E-state index contributed by atoms with van der Waals surface area (Å²) in [6.07, 6.45) is 11.9. The van der Waals surface area contributed by atoms with Crippen molar-refractivity contribution in [1.29, 1.82) is 5.41 Å². The number of hydrogen-bond acceptors (Lipinski definition) is 6. The van der Waals surface area contributed by atoms with Crippen molar-refractivity contribution in [1.82, 2.24) is 5.32 Å². The second-order valence-corrected chi connectivity index (χ2v) is 13.2. The number of benzene rings is 1. The number of ether oxygens (including phenoxy) is 2. The first-order chi connectivity index (χ1) is 21.2.